The van der Waals surface area contributed by atoms with Gasteiger partial charge in [-0.15, -0.1) is 0 Å². The van der Waals surface area contributed by atoms with Gasteiger partial charge in [0.1, 0.15) is 0 Å². The highest BCUT2D eigenvalue weighted by Gasteiger charge is 2.30. The van der Waals surface area contributed by atoms with Crippen LogP contribution in [0.5, 0.6) is 0 Å². The zero-order valence-electron chi connectivity index (χ0n) is 14.1. The quantitative estimate of drug-likeness (QED) is 0.592. The standard InChI is InChI=1S/C19H23F3N2O/c20-19(21,22)16-7-5-15(6-8-16)18(25)9-13-24-12-3-4-17(24)14-23-10-1-2-11-23/h5-9,13,17H,1-4,10-12,14H2/b13-9+/t17-/m1/s1. The molecule has 1 aromatic carbocycles. The van der Waals surface area contributed by atoms with Gasteiger partial charge in [-0.25, -0.2) is 0 Å². The van der Waals surface area contributed by atoms with Crippen LogP contribution in [-0.2, 0) is 6.18 Å². The summed E-state index contributed by atoms with van der Waals surface area (Å²) in [6.07, 6.45) is 3.66. The molecule has 2 fully saturated rings. The van der Waals surface area contributed by atoms with Gasteiger partial charge in [0.05, 0.1) is 5.56 Å². The maximum atomic E-state index is 12.6. The van der Waals surface area contributed by atoms with Gasteiger partial charge >= 0.3 is 6.18 Å². The minimum Gasteiger partial charge on any atom is -0.373 e. The first-order chi connectivity index (χ1) is 11.9. The van der Waals surface area contributed by atoms with E-state index in [0.717, 1.165) is 51.2 Å². The summed E-state index contributed by atoms with van der Waals surface area (Å²) < 4.78 is 37.7. The fourth-order valence-electron chi connectivity index (χ4n) is 3.60. The normalized spacial score (nSPS) is 22.2. The van der Waals surface area contributed by atoms with Crippen LogP contribution in [0, 0.1) is 0 Å². The van der Waals surface area contributed by atoms with Crippen LogP contribution in [-0.4, -0.2) is 47.8 Å². The lowest BCUT2D eigenvalue weighted by atomic mass is 10.1. The molecule has 0 unspecified atom stereocenters. The Morgan fingerprint density at radius 3 is 2.40 bits per heavy atom. The maximum absolute atomic E-state index is 12.6. The first-order valence-electron chi connectivity index (χ1n) is 8.81. The number of benzene rings is 1. The smallest absolute Gasteiger partial charge is 0.373 e. The molecule has 136 valence electrons. The van der Waals surface area contributed by atoms with E-state index >= 15 is 0 Å². The highest BCUT2D eigenvalue weighted by atomic mass is 19.4. The number of nitrogens with zero attached hydrogens (tertiary/aromatic N) is 2. The number of ketones is 1. The Kier molecular flexibility index (Phi) is 5.47. The number of alkyl halides is 3. The van der Waals surface area contributed by atoms with E-state index in [0.29, 0.717) is 6.04 Å². The number of hydrogen-bond donors (Lipinski definition) is 0. The summed E-state index contributed by atoms with van der Waals surface area (Å²) in [5.74, 6) is -0.263. The Balaban J connectivity index is 1.59. The van der Waals surface area contributed by atoms with Crippen LogP contribution in [0.4, 0.5) is 13.2 Å². The summed E-state index contributed by atoms with van der Waals surface area (Å²) in [6, 6.07) is 4.80. The van der Waals surface area contributed by atoms with Gasteiger partial charge in [0.25, 0.3) is 0 Å². The number of hydrogen-bond acceptors (Lipinski definition) is 3. The molecule has 6 heteroatoms. The number of halogens is 3. The van der Waals surface area contributed by atoms with E-state index in [9.17, 15) is 18.0 Å². The molecule has 25 heavy (non-hydrogen) atoms. The van der Waals surface area contributed by atoms with E-state index in [1.54, 1.807) is 0 Å². The van der Waals surface area contributed by atoms with Gasteiger partial charge in [0.2, 0.25) is 0 Å². The van der Waals surface area contributed by atoms with Crippen molar-refractivity contribution in [3.8, 4) is 0 Å². The molecule has 0 amide bonds. The molecule has 1 atom stereocenters. The predicted molar refractivity (Wildman–Crippen MR) is 90.3 cm³/mol. The zero-order chi connectivity index (χ0) is 17.9. The molecular formula is C19H23F3N2O. The molecule has 0 saturated carbocycles. The van der Waals surface area contributed by atoms with Crippen LogP contribution in [0.1, 0.15) is 41.6 Å². The Bertz CT molecular complexity index is 619. The fraction of sp³-hybridized carbons (Fsp3) is 0.526. The van der Waals surface area contributed by atoms with E-state index in [2.05, 4.69) is 9.80 Å². The third kappa shape index (κ3) is 4.63. The largest absolute Gasteiger partial charge is 0.416 e. The second-order valence-electron chi connectivity index (χ2n) is 6.80. The van der Waals surface area contributed by atoms with Crippen LogP contribution >= 0.6 is 0 Å². The van der Waals surface area contributed by atoms with Crippen molar-refractivity contribution in [1.82, 2.24) is 9.80 Å². The topological polar surface area (TPSA) is 23.6 Å². The Morgan fingerprint density at radius 2 is 1.76 bits per heavy atom. The van der Waals surface area contributed by atoms with Gasteiger partial charge in [-0.1, -0.05) is 12.1 Å². The summed E-state index contributed by atoms with van der Waals surface area (Å²) in [5, 5.41) is 0. The lowest BCUT2D eigenvalue weighted by Crippen LogP contribution is -2.36. The van der Waals surface area contributed by atoms with Crippen LogP contribution in [0.3, 0.4) is 0 Å². The number of rotatable bonds is 5. The van der Waals surface area contributed by atoms with Gasteiger partial charge in [-0.05, 0) is 50.9 Å². The molecule has 2 saturated heterocycles. The van der Waals surface area contributed by atoms with E-state index in [1.807, 2.05) is 6.20 Å². The van der Waals surface area contributed by atoms with Crippen molar-refractivity contribution in [1.29, 1.82) is 0 Å². The average Bonchev–Trinajstić information content (AvgIpc) is 3.24. The van der Waals surface area contributed by atoms with Gasteiger partial charge in [-0.2, -0.15) is 13.2 Å². The minimum absolute atomic E-state index is 0.263. The van der Waals surface area contributed by atoms with Crippen LogP contribution < -0.4 is 0 Å². The zero-order valence-corrected chi connectivity index (χ0v) is 14.1. The van der Waals surface area contributed by atoms with Crippen molar-refractivity contribution in [2.45, 2.75) is 37.9 Å². The van der Waals surface area contributed by atoms with Gasteiger partial charge in [-0.3, -0.25) is 4.79 Å². The average molecular weight is 352 g/mol. The second-order valence-corrected chi connectivity index (χ2v) is 6.80. The molecule has 3 rings (SSSR count). The van der Waals surface area contributed by atoms with Crippen LogP contribution in [0.2, 0.25) is 0 Å². The second kappa shape index (κ2) is 7.60. The SMILES string of the molecule is O=C(/C=C/N1CCC[C@@H]1CN1CCCC1)c1ccc(C(F)(F)F)cc1. The third-order valence-corrected chi connectivity index (χ3v) is 5.00. The van der Waals surface area contributed by atoms with Crippen LogP contribution in [0.15, 0.2) is 36.5 Å². The first kappa shape index (κ1) is 18.0. The Hall–Kier alpha value is -1.82. The van der Waals surface area contributed by atoms with Crippen molar-refractivity contribution in [2.24, 2.45) is 0 Å². The highest BCUT2D eigenvalue weighted by molar-refractivity contribution is 6.04. The number of carbonyl (C=O) groups is 1. The Morgan fingerprint density at radius 1 is 1.08 bits per heavy atom. The van der Waals surface area contributed by atoms with E-state index < -0.39 is 11.7 Å². The molecule has 1 aromatic rings. The van der Waals surface area contributed by atoms with E-state index in [1.165, 1.54) is 31.1 Å². The summed E-state index contributed by atoms with van der Waals surface area (Å²) in [6.45, 7) is 4.26. The summed E-state index contributed by atoms with van der Waals surface area (Å²) >= 11 is 0. The molecule has 0 aliphatic carbocycles. The maximum Gasteiger partial charge on any atom is 0.416 e. The first-order valence-corrected chi connectivity index (χ1v) is 8.81. The highest BCUT2D eigenvalue weighted by Crippen LogP contribution is 2.29. The molecule has 0 bridgehead atoms. The molecule has 3 nitrogen and oxygen atoms in total. The number of carbonyl (C=O) groups excluding carboxylic acids is 1. The van der Waals surface area contributed by atoms with Gasteiger partial charge in [0.15, 0.2) is 5.78 Å². The molecule has 0 radical (unpaired) electrons. The Labute approximate surface area is 146 Å². The van der Waals surface area contributed by atoms with E-state index in [4.69, 9.17) is 0 Å². The molecule has 0 N–H and O–H groups in total. The summed E-state index contributed by atoms with van der Waals surface area (Å²) in [5.41, 5.74) is -0.460. The van der Waals surface area contributed by atoms with E-state index in [-0.39, 0.29) is 11.3 Å². The van der Waals surface area contributed by atoms with Gasteiger partial charge < -0.3 is 9.80 Å². The van der Waals surface area contributed by atoms with Crippen molar-refractivity contribution in [3.63, 3.8) is 0 Å². The van der Waals surface area contributed by atoms with Crippen molar-refractivity contribution in [3.05, 3.63) is 47.7 Å². The number of likely N-dealkylation sites (tertiary alicyclic amines) is 2. The van der Waals surface area contributed by atoms with Crippen LogP contribution in [0.25, 0.3) is 0 Å². The minimum atomic E-state index is -4.38. The predicted octanol–water partition coefficient (Wildman–Crippen LogP) is 3.96. The van der Waals surface area contributed by atoms with Crippen molar-refractivity contribution in [2.75, 3.05) is 26.2 Å². The molecule has 2 aliphatic heterocycles. The molecule has 0 spiro atoms. The van der Waals surface area contributed by atoms with Crippen molar-refractivity contribution < 1.29 is 18.0 Å². The molecule has 2 aliphatic rings. The summed E-state index contributed by atoms with van der Waals surface area (Å²) in [4.78, 5) is 16.9. The third-order valence-electron chi connectivity index (χ3n) is 5.00. The lowest BCUT2D eigenvalue weighted by molar-refractivity contribution is -0.137. The summed E-state index contributed by atoms with van der Waals surface area (Å²) in [7, 11) is 0. The molecule has 0 aromatic heterocycles. The monoisotopic (exact) mass is 352 g/mol. The lowest BCUT2D eigenvalue weighted by Gasteiger charge is -2.27. The number of allylic oxidation sites excluding steroid dienone is 1. The molecule has 2 heterocycles. The van der Waals surface area contributed by atoms with Gasteiger partial charge in [0, 0.05) is 37.0 Å². The van der Waals surface area contributed by atoms with Crippen molar-refractivity contribution >= 4 is 5.78 Å². The molecular weight excluding hydrogens is 329 g/mol. The fourth-order valence-corrected chi connectivity index (χ4v) is 3.60.